The Kier molecular flexibility index (Phi) is 2.32. The molecule has 0 spiro atoms. The van der Waals surface area contributed by atoms with Crippen molar-refractivity contribution in [3.8, 4) is 0 Å². The average Bonchev–Trinajstić information content (AvgIpc) is 2.11. The van der Waals surface area contributed by atoms with Crippen LogP contribution in [0.25, 0.3) is 0 Å². The van der Waals surface area contributed by atoms with Gasteiger partial charge in [-0.1, -0.05) is 23.2 Å². The molecule has 0 aromatic heterocycles. The van der Waals surface area contributed by atoms with E-state index in [1.165, 1.54) is 0 Å². The van der Waals surface area contributed by atoms with Gasteiger partial charge in [-0.05, 0) is 26.0 Å². The van der Waals surface area contributed by atoms with E-state index in [1.807, 2.05) is 0 Å². The Balaban J connectivity index is 2.51. The normalized spacial score (nSPS) is 17.7. The van der Waals surface area contributed by atoms with Crippen LogP contribution in [-0.2, 0) is 4.79 Å². The Morgan fingerprint density at radius 2 is 1.67 bits per heavy atom. The summed E-state index contributed by atoms with van der Waals surface area (Å²) in [6.45, 7) is 3.60. The second kappa shape index (κ2) is 3.29. The summed E-state index contributed by atoms with van der Waals surface area (Å²) in [6, 6.07) is 3.35. The minimum atomic E-state index is -0.635. The van der Waals surface area contributed by atoms with Crippen molar-refractivity contribution in [3.05, 3.63) is 22.2 Å². The highest BCUT2D eigenvalue weighted by Gasteiger charge is 2.33. The van der Waals surface area contributed by atoms with Crippen LogP contribution in [0.2, 0.25) is 10.0 Å². The van der Waals surface area contributed by atoms with Crippen molar-refractivity contribution in [2.45, 2.75) is 19.4 Å². The first-order chi connectivity index (χ1) is 6.90. The molecule has 1 aromatic carbocycles. The first-order valence-electron chi connectivity index (χ1n) is 4.49. The molecule has 80 valence electrons. The third-order valence-corrected chi connectivity index (χ3v) is 3.05. The van der Waals surface area contributed by atoms with Gasteiger partial charge in [0.25, 0.3) is 0 Å². The van der Waals surface area contributed by atoms with Crippen molar-refractivity contribution in [1.29, 1.82) is 0 Å². The number of nitrogens with one attached hydrogen (secondary N) is 2. The van der Waals surface area contributed by atoms with E-state index >= 15 is 0 Å². The molecule has 15 heavy (non-hydrogen) atoms. The van der Waals surface area contributed by atoms with Crippen molar-refractivity contribution in [2.75, 3.05) is 10.6 Å². The Morgan fingerprint density at radius 3 is 2.27 bits per heavy atom. The fourth-order valence-corrected chi connectivity index (χ4v) is 1.75. The summed E-state index contributed by atoms with van der Waals surface area (Å²) in [5, 5.41) is 6.77. The van der Waals surface area contributed by atoms with Crippen LogP contribution >= 0.6 is 23.2 Å². The van der Waals surface area contributed by atoms with Gasteiger partial charge in [-0.15, -0.1) is 0 Å². The first kappa shape index (κ1) is 10.6. The number of benzene rings is 1. The summed E-state index contributed by atoms with van der Waals surface area (Å²) in [6.07, 6.45) is 0. The number of amides is 1. The molecule has 0 atom stereocenters. The van der Waals surface area contributed by atoms with Crippen LogP contribution in [0.5, 0.6) is 0 Å². The molecular weight excluding hydrogens is 235 g/mol. The van der Waals surface area contributed by atoms with Crippen LogP contribution < -0.4 is 10.6 Å². The minimum Gasteiger partial charge on any atom is -0.370 e. The molecule has 0 fully saturated rings. The number of hydrogen-bond donors (Lipinski definition) is 2. The van der Waals surface area contributed by atoms with E-state index in [2.05, 4.69) is 10.6 Å². The van der Waals surface area contributed by atoms with E-state index in [9.17, 15) is 4.79 Å². The molecule has 1 aromatic rings. The lowest BCUT2D eigenvalue weighted by atomic mass is 10.0. The number of rotatable bonds is 0. The number of anilines is 2. The van der Waals surface area contributed by atoms with Crippen LogP contribution in [0.15, 0.2) is 12.1 Å². The van der Waals surface area contributed by atoms with Crippen molar-refractivity contribution in [1.82, 2.24) is 0 Å². The summed E-state index contributed by atoms with van der Waals surface area (Å²) < 4.78 is 0. The van der Waals surface area contributed by atoms with Crippen LogP contribution in [-0.4, -0.2) is 11.4 Å². The highest BCUT2D eigenvalue weighted by molar-refractivity contribution is 6.42. The molecule has 1 heterocycles. The van der Waals surface area contributed by atoms with E-state index in [4.69, 9.17) is 23.2 Å². The van der Waals surface area contributed by atoms with Gasteiger partial charge in [0.15, 0.2) is 0 Å². The lowest BCUT2D eigenvalue weighted by Gasteiger charge is -2.32. The maximum Gasteiger partial charge on any atom is 0.249 e. The number of hydrogen-bond acceptors (Lipinski definition) is 2. The van der Waals surface area contributed by atoms with Crippen LogP contribution in [0, 0.1) is 0 Å². The zero-order chi connectivity index (χ0) is 11.2. The molecule has 1 amide bonds. The first-order valence-corrected chi connectivity index (χ1v) is 5.24. The molecule has 1 aliphatic heterocycles. The molecule has 0 radical (unpaired) electrons. The number of carbonyl (C=O) groups is 1. The fraction of sp³-hybridized carbons (Fsp3) is 0.300. The molecular formula is C10H10Cl2N2O. The maximum absolute atomic E-state index is 11.6. The molecule has 2 rings (SSSR count). The summed E-state index contributed by atoms with van der Waals surface area (Å²) in [5.74, 6) is -0.0895. The van der Waals surface area contributed by atoms with Crippen molar-refractivity contribution >= 4 is 40.5 Å². The van der Waals surface area contributed by atoms with Gasteiger partial charge < -0.3 is 10.6 Å². The Bertz CT molecular complexity index is 443. The van der Waals surface area contributed by atoms with Crippen LogP contribution in [0.4, 0.5) is 11.4 Å². The summed E-state index contributed by atoms with van der Waals surface area (Å²) in [5.41, 5.74) is 0.812. The molecule has 2 N–H and O–H groups in total. The maximum atomic E-state index is 11.6. The average molecular weight is 245 g/mol. The van der Waals surface area contributed by atoms with Crippen molar-refractivity contribution < 1.29 is 4.79 Å². The van der Waals surface area contributed by atoms with Gasteiger partial charge in [0.05, 0.1) is 21.4 Å². The van der Waals surface area contributed by atoms with Gasteiger partial charge in [0, 0.05) is 0 Å². The van der Waals surface area contributed by atoms with Crippen LogP contribution in [0.1, 0.15) is 13.8 Å². The number of carbonyl (C=O) groups excluding carboxylic acids is 1. The summed E-state index contributed by atoms with van der Waals surface area (Å²) in [4.78, 5) is 11.6. The van der Waals surface area contributed by atoms with Crippen LogP contribution in [0.3, 0.4) is 0 Å². The van der Waals surface area contributed by atoms with Crippen molar-refractivity contribution in [3.63, 3.8) is 0 Å². The predicted molar refractivity (Wildman–Crippen MR) is 62.8 cm³/mol. The second-order valence-electron chi connectivity index (χ2n) is 4.02. The molecule has 1 aliphatic rings. The Morgan fingerprint density at radius 1 is 1.13 bits per heavy atom. The number of halogens is 2. The quantitative estimate of drug-likeness (QED) is 0.737. The summed E-state index contributed by atoms with van der Waals surface area (Å²) >= 11 is 11.7. The third kappa shape index (κ3) is 1.77. The third-order valence-electron chi connectivity index (χ3n) is 2.32. The molecule has 0 aliphatic carbocycles. The highest BCUT2D eigenvalue weighted by atomic mass is 35.5. The van der Waals surface area contributed by atoms with E-state index in [1.54, 1.807) is 26.0 Å². The molecule has 3 nitrogen and oxygen atoms in total. The lowest BCUT2D eigenvalue weighted by molar-refractivity contribution is -0.119. The Hall–Kier alpha value is -0.930. The topological polar surface area (TPSA) is 41.1 Å². The van der Waals surface area contributed by atoms with E-state index < -0.39 is 5.54 Å². The SMILES string of the molecule is CC1(C)Nc2cc(Cl)c(Cl)cc2NC1=O. The highest BCUT2D eigenvalue weighted by Crippen LogP contribution is 2.36. The van der Waals surface area contributed by atoms with E-state index in [0.717, 1.165) is 5.69 Å². The number of fused-ring (bicyclic) bond motifs is 1. The molecule has 5 heteroatoms. The van der Waals surface area contributed by atoms with Gasteiger partial charge in [0.1, 0.15) is 5.54 Å². The minimum absolute atomic E-state index is 0.0895. The molecule has 0 unspecified atom stereocenters. The summed E-state index contributed by atoms with van der Waals surface area (Å²) in [7, 11) is 0. The van der Waals surface area contributed by atoms with E-state index in [0.29, 0.717) is 15.7 Å². The monoisotopic (exact) mass is 244 g/mol. The molecule has 0 bridgehead atoms. The predicted octanol–water partition coefficient (Wildman–Crippen LogP) is 3.14. The second-order valence-corrected chi connectivity index (χ2v) is 4.83. The largest absolute Gasteiger partial charge is 0.370 e. The Labute approximate surface area is 97.8 Å². The van der Waals surface area contributed by atoms with Gasteiger partial charge in [0.2, 0.25) is 5.91 Å². The standard InChI is InChI=1S/C10H10Cl2N2O/c1-10(2)9(15)13-7-3-5(11)6(12)4-8(7)14-10/h3-4,14H,1-2H3,(H,13,15). The van der Waals surface area contributed by atoms with Gasteiger partial charge in [-0.2, -0.15) is 0 Å². The van der Waals surface area contributed by atoms with Crippen molar-refractivity contribution in [2.24, 2.45) is 0 Å². The smallest absolute Gasteiger partial charge is 0.249 e. The molecule has 0 saturated heterocycles. The van der Waals surface area contributed by atoms with Gasteiger partial charge >= 0.3 is 0 Å². The van der Waals surface area contributed by atoms with Gasteiger partial charge in [-0.25, -0.2) is 0 Å². The zero-order valence-electron chi connectivity index (χ0n) is 8.32. The lowest BCUT2D eigenvalue weighted by Crippen LogP contribution is -2.47. The zero-order valence-corrected chi connectivity index (χ0v) is 9.83. The fourth-order valence-electron chi connectivity index (χ4n) is 1.43. The van der Waals surface area contributed by atoms with Gasteiger partial charge in [-0.3, -0.25) is 4.79 Å². The molecule has 0 saturated carbocycles. The van der Waals surface area contributed by atoms with E-state index in [-0.39, 0.29) is 5.91 Å².